The average molecular weight is 401 g/mol. The van der Waals surface area contributed by atoms with Gasteiger partial charge in [-0.25, -0.2) is 4.79 Å². The number of carboxylic acid groups (broad SMARTS) is 1. The van der Waals surface area contributed by atoms with Crippen molar-refractivity contribution in [3.05, 3.63) is 35.4 Å². The first-order valence-electron chi connectivity index (χ1n) is 8.18. The second kappa shape index (κ2) is 8.84. The first kappa shape index (κ1) is 21.4. The minimum Gasteiger partial charge on any atom is -0.480 e. The topological polar surface area (TPSA) is 127 Å². The third-order valence-corrected chi connectivity index (χ3v) is 6.04. The molecule has 1 saturated heterocycles. The Kier molecular flexibility index (Phi) is 6.75. The fraction of sp³-hybridized carbons (Fsp3) is 0.300. The van der Waals surface area contributed by atoms with Gasteiger partial charge in [-0.05, 0) is 36.1 Å². The van der Waals surface area contributed by atoms with Gasteiger partial charge in [0.25, 0.3) is 5.91 Å². The van der Waals surface area contributed by atoms with E-state index in [2.05, 4.69) is 34.9 Å². The van der Waals surface area contributed by atoms with Gasteiger partial charge in [-0.3, -0.25) is 13.9 Å². The average Bonchev–Trinajstić information content (AvgIpc) is 2.63. The van der Waals surface area contributed by atoms with E-state index in [1.54, 1.807) is 12.1 Å². The smallest absolute Gasteiger partial charge is 0.327 e. The first-order chi connectivity index (χ1) is 13.2. The summed E-state index contributed by atoms with van der Waals surface area (Å²) in [5.41, 5.74) is -0.516. The Morgan fingerprint density at radius 2 is 1.86 bits per heavy atom. The molecule has 8 heteroatoms. The van der Waals surface area contributed by atoms with Gasteiger partial charge in [0.05, 0.1) is 23.5 Å². The minimum absolute atomic E-state index is 0.0321. The van der Waals surface area contributed by atoms with Gasteiger partial charge in [0.2, 0.25) is 0 Å². The minimum atomic E-state index is -2.90. The summed E-state index contributed by atoms with van der Waals surface area (Å²) in [6, 6.07) is 4.70. The van der Waals surface area contributed by atoms with Gasteiger partial charge >= 0.3 is 5.97 Å². The summed E-state index contributed by atoms with van der Waals surface area (Å²) in [7, 11) is -2.90. The molecule has 2 rings (SSSR count). The zero-order valence-electron chi connectivity index (χ0n) is 14.8. The Hall–Kier alpha value is -2.93. The number of benzene rings is 1. The quantitative estimate of drug-likeness (QED) is 0.468. The van der Waals surface area contributed by atoms with Crippen molar-refractivity contribution in [1.82, 2.24) is 5.32 Å². The van der Waals surface area contributed by atoms with Crippen LogP contribution in [0, 0.1) is 41.4 Å². The van der Waals surface area contributed by atoms with E-state index in [0.717, 1.165) is 0 Å². The highest BCUT2D eigenvalue weighted by atomic mass is 32.3. The van der Waals surface area contributed by atoms with Crippen LogP contribution >= 0.6 is 10.6 Å². The monoisotopic (exact) mass is 401 g/mol. The van der Waals surface area contributed by atoms with Crippen molar-refractivity contribution in [1.29, 1.82) is 0 Å². The van der Waals surface area contributed by atoms with E-state index in [1.165, 1.54) is 12.1 Å². The standard InChI is InChI=1S/C20H19NO6S/c1-2-20(13-28(26,27)14-20)17(19(24)25)21-18(23)16-10-8-15(9-11-16)7-5-3-4-6-12-22/h1,8-11,17,22,26-27H,6,12-14H2,(H,21,23)(H,24,25). The summed E-state index contributed by atoms with van der Waals surface area (Å²) in [6.45, 7) is -0.0321. The third kappa shape index (κ3) is 5.07. The summed E-state index contributed by atoms with van der Waals surface area (Å²) < 4.78 is 19.2. The van der Waals surface area contributed by atoms with Crippen LogP contribution in [0.15, 0.2) is 24.3 Å². The maximum Gasteiger partial charge on any atom is 0.327 e. The number of carbonyl (C=O) groups excluding carboxylic acids is 1. The summed E-state index contributed by atoms with van der Waals surface area (Å²) >= 11 is 0. The van der Waals surface area contributed by atoms with Crippen LogP contribution in [-0.2, 0) is 4.79 Å². The Balaban J connectivity index is 2.10. The highest BCUT2D eigenvalue weighted by Gasteiger charge is 2.56. The van der Waals surface area contributed by atoms with Crippen molar-refractivity contribution in [2.75, 3.05) is 18.1 Å². The molecule has 5 N–H and O–H groups in total. The van der Waals surface area contributed by atoms with Gasteiger partial charge < -0.3 is 15.5 Å². The van der Waals surface area contributed by atoms with Crippen LogP contribution in [0.3, 0.4) is 0 Å². The number of aliphatic hydroxyl groups excluding tert-OH is 1. The molecule has 146 valence electrons. The largest absolute Gasteiger partial charge is 0.480 e. The second-order valence-electron chi connectivity index (χ2n) is 6.24. The van der Waals surface area contributed by atoms with Gasteiger partial charge in [-0.2, -0.15) is 10.6 Å². The van der Waals surface area contributed by atoms with Gasteiger partial charge in [-0.1, -0.05) is 17.8 Å². The molecule has 1 unspecified atom stereocenters. The maximum absolute atomic E-state index is 12.4. The summed E-state index contributed by atoms with van der Waals surface area (Å²) in [4.78, 5) is 24.0. The van der Waals surface area contributed by atoms with Crippen LogP contribution in [-0.4, -0.2) is 55.3 Å². The first-order valence-corrected chi connectivity index (χ1v) is 10.1. The molecule has 0 saturated carbocycles. The SMILES string of the molecule is C#CC1(C(NC(=O)c2ccc(C#CC#CCCO)cc2)C(=O)O)CS(O)(O)C1. The van der Waals surface area contributed by atoms with Crippen LogP contribution in [0.25, 0.3) is 0 Å². The predicted octanol–water partition coefficient (Wildman–Crippen LogP) is 0.991. The van der Waals surface area contributed by atoms with Crippen molar-refractivity contribution >= 4 is 22.5 Å². The number of terminal acetylenes is 1. The van der Waals surface area contributed by atoms with E-state index < -0.39 is 33.9 Å². The molecule has 0 aromatic heterocycles. The molecule has 1 amide bonds. The number of rotatable bonds is 5. The molecular weight excluding hydrogens is 382 g/mol. The zero-order chi connectivity index (χ0) is 20.8. The summed E-state index contributed by atoms with van der Waals surface area (Å²) in [5.74, 6) is 10.4. The van der Waals surface area contributed by atoms with E-state index >= 15 is 0 Å². The van der Waals surface area contributed by atoms with Crippen molar-refractivity contribution in [2.45, 2.75) is 12.5 Å². The van der Waals surface area contributed by atoms with E-state index in [1.807, 2.05) is 0 Å². The number of hydrogen-bond acceptors (Lipinski definition) is 5. The lowest BCUT2D eigenvalue weighted by Gasteiger charge is -2.55. The number of amides is 1. The molecule has 1 atom stereocenters. The van der Waals surface area contributed by atoms with Crippen molar-refractivity contribution in [3.63, 3.8) is 0 Å². The van der Waals surface area contributed by atoms with E-state index in [4.69, 9.17) is 11.5 Å². The number of hydrogen-bond donors (Lipinski definition) is 5. The predicted molar refractivity (Wildman–Crippen MR) is 106 cm³/mol. The molecule has 1 aromatic carbocycles. The van der Waals surface area contributed by atoms with Gasteiger partial charge in [0.15, 0.2) is 0 Å². The molecule has 0 aliphatic carbocycles. The van der Waals surface area contributed by atoms with E-state index in [9.17, 15) is 23.8 Å². The third-order valence-electron chi connectivity index (χ3n) is 4.08. The second-order valence-corrected chi connectivity index (χ2v) is 8.42. The normalized spacial score (nSPS) is 17.8. The maximum atomic E-state index is 12.4. The fourth-order valence-corrected chi connectivity index (χ4v) is 4.80. The van der Waals surface area contributed by atoms with Crippen LogP contribution < -0.4 is 5.32 Å². The Bertz CT molecular complexity index is 916. The highest BCUT2D eigenvalue weighted by Crippen LogP contribution is 2.59. The molecule has 1 aliphatic rings. The van der Waals surface area contributed by atoms with Crippen LogP contribution in [0.5, 0.6) is 0 Å². The Morgan fingerprint density at radius 3 is 2.36 bits per heavy atom. The number of aliphatic carboxylic acids is 1. The molecule has 28 heavy (non-hydrogen) atoms. The van der Waals surface area contributed by atoms with Crippen molar-refractivity contribution in [2.24, 2.45) is 5.41 Å². The van der Waals surface area contributed by atoms with Crippen molar-refractivity contribution in [3.8, 4) is 36.0 Å². The highest BCUT2D eigenvalue weighted by molar-refractivity contribution is 8.25. The Morgan fingerprint density at radius 1 is 1.21 bits per heavy atom. The van der Waals surface area contributed by atoms with E-state index in [-0.39, 0.29) is 23.7 Å². The molecule has 1 fully saturated rings. The van der Waals surface area contributed by atoms with Crippen molar-refractivity contribution < 1.29 is 28.9 Å². The van der Waals surface area contributed by atoms with Crippen LogP contribution in [0.1, 0.15) is 22.3 Å². The van der Waals surface area contributed by atoms with Gasteiger partial charge in [0, 0.05) is 17.5 Å². The van der Waals surface area contributed by atoms with Crippen LogP contribution in [0.4, 0.5) is 0 Å². The zero-order valence-corrected chi connectivity index (χ0v) is 15.6. The molecule has 1 aliphatic heterocycles. The number of carbonyl (C=O) groups is 2. The summed E-state index contributed by atoms with van der Waals surface area (Å²) in [6.07, 6.45) is 5.77. The molecule has 0 radical (unpaired) electrons. The van der Waals surface area contributed by atoms with Gasteiger partial charge in [-0.15, -0.1) is 6.42 Å². The molecule has 0 bridgehead atoms. The number of carboxylic acids is 1. The number of aliphatic hydroxyl groups is 1. The number of nitrogens with one attached hydrogen (secondary N) is 1. The summed E-state index contributed by atoms with van der Waals surface area (Å²) in [5, 5.41) is 20.5. The Labute approximate surface area is 164 Å². The molecule has 1 heterocycles. The van der Waals surface area contributed by atoms with E-state index in [0.29, 0.717) is 12.0 Å². The molecule has 7 nitrogen and oxygen atoms in total. The molecule has 0 spiro atoms. The molecule has 1 aromatic rings. The molecular formula is C20H19NO6S. The fourth-order valence-electron chi connectivity index (χ4n) is 2.74. The lowest BCUT2D eigenvalue weighted by atomic mass is 9.83. The van der Waals surface area contributed by atoms with Crippen LogP contribution in [0.2, 0.25) is 0 Å². The lowest BCUT2D eigenvalue weighted by Crippen LogP contribution is -2.61. The van der Waals surface area contributed by atoms with Gasteiger partial charge in [0.1, 0.15) is 6.04 Å². The lowest BCUT2D eigenvalue weighted by molar-refractivity contribution is -0.141.